The topological polar surface area (TPSA) is 121 Å². The number of hydrogen-bond acceptors (Lipinski definition) is 5. The molecule has 148 valence electrons. The van der Waals surface area contributed by atoms with Gasteiger partial charge in [0.25, 0.3) is 0 Å². The average molecular weight is 476 g/mol. The Hall–Kier alpha value is -2.85. The summed E-state index contributed by atoms with van der Waals surface area (Å²) in [4.78, 5) is 51.6. The van der Waals surface area contributed by atoms with Crippen LogP contribution in [-0.2, 0) is 4.79 Å². The van der Waals surface area contributed by atoms with Crippen LogP contribution in [0.25, 0.3) is 11.0 Å². The Balaban J connectivity index is 1.63. The molecule has 4 rings (SSSR count). The summed E-state index contributed by atoms with van der Waals surface area (Å²) in [6.07, 6.45) is 0.00163. The number of aromatic amines is 1. The van der Waals surface area contributed by atoms with Crippen molar-refractivity contribution in [1.82, 2.24) is 9.55 Å². The lowest BCUT2D eigenvalue weighted by atomic mass is 10.1. The van der Waals surface area contributed by atoms with Gasteiger partial charge in [-0.15, -0.1) is 11.8 Å². The number of nitrogens with one attached hydrogen (secondary N) is 2. The predicted octanol–water partition coefficient (Wildman–Crippen LogP) is 2.83. The number of nitrogens with zero attached hydrogens (tertiary/aromatic N) is 1. The van der Waals surface area contributed by atoms with Gasteiger partial charge in [-0.3, -0.25) is 19.0 Å². The van der Waals surface area contributed by atoms with Crippen LogP contribution in [0.2, 0.25) is 0 Å². The Morgan fingerprint density at radius 3 is 2.66 bits per heavy atom. The fourth-order valence-corrected chi connectivity index (χ4v) is 5.10. The molecule has 0 aliphatic carbocycles. The molecule has 1 aliphatic rings. The minimum Gasteiger partial charge on any atom is -0.478 e. The Morgan fingerprint density at radius 2 is 1.97 bits per heavy atom. The Labute approximate surface area is 176 Å². The number of hydrogen-bond donors (Lipinski definition) is 3. The Kier molecular flexibility index (Phi) is 5.05. The second kappa shape index (κ2) is 7.53. The van der Waals surface area contributed by atoms with Gasteiger partial charge in [0.15, 0.2) is 0 Å². The van der Waals surface area contributed by atoms with Gasteiger partial charge >= 0.3 is 17.1 Å². The van der Waals surface area contributed by atoms with E-state index in [4.69, 9.17) is 5.11 Å². The third-order valence-electron chi connectivity index (χ3n) is 4.57. The van der Waals surface area contributed by atoms with Crippen LogP contribution in [0.3, 0.4) is 0 Å². The van der Waals surface area contributed by atoms with Crippen molar-refractivity contribution in [1.29, 1.82) is 0 Å². The second-order valence-corrected chi connectivity index (χ2v) is 8.51. The van der Waals surface area contributed by atoms with E-state index in [2.05, 4.69) is 26.2 Å². The highest BCUT2D eigenvalue weighted by Crippen LogP contribution is 2.37. The molecule has 0 saturated carbocycles. The van der Waals surface area contributed by atoms with Crippen LogP contribution >= 0.6 is 27.7 Å². The van der Waals surface area contributed by atoms with E-state index in [1.807, 2.05) is 6.07 Å². The average Bonchev–Trinajstić information content (AvgIpc) is 2.67. The molecule has 3 aromatic rings. The van der Waals surface area contributed by atoms with Crippen LogP contribution < -0.4 is 16.4 Å². The van der Waals surface area contributed by atoms with Gasteiger partial charge in [-0.05, 0) is 36.4 Å². The molecule has 1 aliphatic heterocycles. The van der Waals surface area contributed by atoms with Gasteiger partial charge in [0.2, 0.25) is 5.91 Å². The van der Waals surface area contributed by atoms with E-state index in [0.29, 0.717) is 22.5 Å². The van der Waals surface area contributed by atoms with Crippen molar-refractivity contribution in [3.63, 3.8) is 0 Å². The number of halogens is 1. The summed E-state index contributed by atoms with van der Waals surface area (Å²) in [5, 5.41) is 11.6. The fraction of sp³-hybridized carbons (Fsp3) is 0.158. The fourth-order valence-electron chi connectivity index (χ4n) is 3.30. The Morgan fingerprint density at radius 1 is 1.24 bits per heavy atom. The molecule has 1 unspecified atom stereocenters. The highest BCUT2D eigenvalue weighted by atomic mass is 79.9. The molecular formula is C19H14BrN3O5S. The third kappa shape index (κ3) is 3.73. The van der Waals surface area contributed by atoms with Gasteiger partial charge in [0, 0.05) is 27.2 Å². The Bertz CT molecular complexity index is 1270. The zero-order valence-electron chi connectivity index (χ0n) is 14.8. The molecule has 3 N–H and O–H groups in total. The largest absolute Gasteiger partial charge is 0.478 e. The summed E-state index contributed by atoms with van der Waals surface area (Å²) >= 11 is 4.91. The molecule has 1 atom stereocenters. The molecule has 0 spiro atoms. The van der Waals surface area contributed by atoms with Gasteiger partial charge in [-0.1, -0.05) is 15.9 Å². The number of benzene rings is 2. The summed E-state index contributed by atoms with van der Waals surface area (Å²) in [7, 11) is 0. The smallest absolute Gasteiger partial charge is 0.335 e. The van der Waals surface area contributed by atoms with Crippen molar-refractivity contribution in [2.24, 2.45) is 0 Å². The van der Waals surface area contributed by atoms with Gasteiger partial charge in [-0.25, -0.2) is 4.79 Å². The summed E-state index contributed by atoms with van der Waals surface area (Å²) in [6.45, 7) is 0. The minimum absolute atomic E-state index is 0.00163. The highest BCUT2D eigenvalue weighted by Gasteiger charge is 2.27. The summed E-state index contributed by atoms with van der Waals surface area (Å²) in [5.41, 5.74) is 0.287. The number of aromatic nitrogens is 2. The summed E-state index contributed by atoms with van der Waals surface area (Å²) in [6, 6.07) is 8.91. The molecule has 1 amide bonds. The normalized spacial score (nSPS) is 15.3. The molecule has 10 heteroatoms. The van der Waals surface area contributed by atoms with E-state index in [-0.39, 0.29) is 17.9 Å². The van der Waals surface area contributed by atoms with E-state index >= 15 is 0 Å². The first-order valence-corrected chi connectivity index (χ1v) is 10.4. The molecule has 0 radical (unpaired) electrons. The van der Waals surface area contributed by atoms with Crippen LogP contribution in [0.1, 0.15) is 22.8 Å². The lowest BCUT2D eigenvalue weighted by Gasteiger charge is -2.26. The number of aromatic carboxylic acids is 1. The van der Waals surface area contributed by atoms with E-state index in [1.165, 1.54) is 40.6 Å². The first kappa shape index (κ1) is 19.5. The SMILES string of the molecule is O=C(CC1CSc2cc(Br)cc3[nH]c(=O)c(=O)n1c23)Nc1ccc(C(=O)O)cc1. The molecule has 0 fully saturated rings. The number of carbonyl (C=O) groups excluding carboxylic acids is 1. The van der Waals surface area contributed by atoms with Crippen molar-refractivity contribution < 1.29 is 14.7 Å². The van der Waals surface area contributed by atoms with Crippen molar-refractivity contribution >= 4 is 56.3 Å². The molecule has 29 heavy (non-hydrogen) atoms. The van der Waals surface area contributed by atoms with Crippen LogP contribution in [0.4, 0.5) is 5.69 Å². The van der Waals surface area contributed by atoms with Crippen LogP contribution in [0.5, 0.6) is 0 Å². The number of thioether (sulfide) groups is 1. The number of H-pyrrole nitrogens is 1. The molecule has 8 nitrogen and oxygen atoms in total. The molecule has 2 heterocycles. The highest BCUT2D eigenvalue weighted by molar-refractivity contribution is 9.10. The van der Waals surface area contributed by atoms with E-state index in [1.54, 1.807) is 6.07 Å². The third-order valence-corrected chi connectivity index (χ3v) is 6.21. The monoisotopic (exact) mass is 475 g/mol. The van der Waals surface area contributed by atoms with Gasteiger partial charge in [0.05, 0.1) is 22.6 Å². The molecule has 1 aromatic heterocycles. The van der Waals surface area contributed by atoms with Crippen molar-refractivity contribution in [3.05, 3.63) is 67.1 Å². The van der Waals surface area contributed by atoms with Gasteiger partial charge < -0.3 is 15.4 Å². The maximum Gasteiger partial charge on any atom is 0.335 e. The number of carbonyl (C=O) groups is 2. The number of carboxylic acid groups (broad SMARTS) is 1. The van der Waals surface area contributed by atoms with Gasteiger partial charge in [-0.2, -0.15) is 0 Å². The van der Waals surface area contributed by atoms with Crippen molar-refractivity contribution in [3.8, 4) is 0 Å². The maximum atomic E-state index is 12.5. The molecule has 2 aromatic carbocycles. The number of anilines is 1. The lowest BCUT2D eigenvalue weighted by Crippen LogP contribution is -2.41. The van der Waals surface area contributed by atoms with Crippen LogP contribution in [0.15, 0.2) is 55.4 Å². The zero-order chi connectivity index (χ0) is 20.7. The first-order chi connectivity index (χ1) is 13.8. The number of amides is 1. The van der Waals surface area contributed by atoms with Crippen LogP contribution in [0, 0.1) is 0 Å². The lowest BCUT2D eigenvalue weighted by molar-refractivity contribution is -0.116. The molecular weight excluding hydrogens is 462 g/mol. The zero-order valence-corrected chi connectivity index (χ0v) is 17.2. The van der Waals surface area contributed by atoms with Gasteiger partial charge in [0.1, 0.15) is 0 Å². The number of carboxylic acids is 1. The van der Waals surface area contributed by atoms with E-state index < -0.39 is 23.1 Å². The van der Waals surface area contributed by atoms with E-state index in [9.17, 15) is 19.2 Å². The summed E-state index contributed by atoms with van der Waals surface area (Å²) in [5.74, 6) is -0.919. The van der Waals surface area contributed by atoms with Crippen molar-refractivity contribution in [2.45, 2.75) is 17.4 Å². The van der Waals surface area contributed by atoms with E-state index in [0.717, 1.165) is 9.37 Å². The standard InChI is InChI=1S/C19H14BrN3O5S/c20-10-5-13-16-14(6-10)29-8-12(23(16)18(26)17(25)22-13)7-15(24)21-11-3-1-9(2-4-11)19(27)28/h1-6,12H,7-8H2,(H,21,24)(H,22,25)(H,27,28). The number of rotatable bonds is 4. The molecule has 0 saturated heterocycles. The van der Waals surface area contributed by atoms with Crippen LogP contribution in [-0.4, -0.2) is 32.3 Å². The minimum atomic E-state index is -1.05. The molecule has 0 bridgehead atoms. The maximum absolute atomic E-state index is 12.5. The summed E-state index contributed by atoms with van der Waals surface area (Å²) < 4.78 is 2.19. The predicted molar refractivity (Wildman–Crippen MR) is 113 cm³/mol. The quantitative estimate of drug-likeness (QED) is 0.498. The van der Waals surface area contributed by atoms with Crippen molar-refractivity contribution in [2.75, 3.05) is 11.1 Å². The second-order valence-electron chi connectivity index (χ2n) is 6.53. The first-order valence-electron chi connectivity index (χ1n) is 8.57.